The van der Waals surface area contributed by atoms with E-state index in [0.717, 1.165) is 43.5 Å². The van der Waals surface area contributed by atoms with E-state index in [1.54, 1.807) is 13.0 Å². The van der Waals surface area contributed by atoms with Gasteiger partial charge in [0, 0.05) is 5.69 Å². The number of amides is 2. The predicted octanol–water partition coefficient (Wildman–Crippen LogP) is 3.16. The van der Waals surface area contributed by atoms with Crippen molar-refractivity contribution >= 4 is 17.6 Å². The van der Waals surface area contributed by atoms with Gasteiger partial charge in [-0.3, -0.25) is 9.59 Å². The zero-order valence-electron chi connectivity index (χ0n) is 20.5. The lowest BCUT2D eigenvalue weighted by Gasteiger charge is -2.20. The van der Waals surface area contributed by atoms with Crippen molar-refractivity contribution in [3.63, 3.8) is 0 Å². The Morgan fingerprint density at radius 3 is 2.58 bits per heavy atom. The monoisotopic (exact) mass is 483 g/mol. The fraction of sp³-hybridized carbons (Fsp3) is 0.345. The third-order valence-corrected chi connectivity index (χ3v) is 7.27. The molecule has 2 heterocycles. The molecule has 7 heteroatoms. The number of nitrogens with zero attached hydrogens (tertiary/aromatic N) is 1. The number of benzene rings is 2. The van der Waals surface area contributed by atoms with Crippen LogP contribution in [-0.2, 0) is 22.4 Å². The Hall–Kier alpha value is -3.71. The molecule has 5 N–H and O–H groups in total. The van der Waals surface area contributed by atoms with Crippen LogP contribution in [-0.4, -0.2) is 35.4 Å². The Morgan fingerprint density at radius 1 is 1.06 bits per heavy atom. The third kappa shape index (κ3) is 5.41. The van der Waals surface area contributed by atoms with Gasteiger partial charge in [-0.05, 0) is 73.4 Å². The minimum Gasteiger partial charge on any atom is -0.384 e. The number of aryl methyl sites for hydroxylation is 1. The first kappa shape index (κ1) is 24.0. The number of pyridine rings is 1. The average molecular weight is 484 g/mol. The third-order valence-electron chi connectivity index (χ3n) is 7.27. The molecule has 2 aliphatic rings. The Kier molecular flexibility index (Phi) is 7.00. The highest BCUT2D eigenvalue weighted by Gasteiger charge is 2.32. The van der Waals surface area contributed by atoms with E-state index >= 15 is 0 Å². The van der Waals surface area contributed by atoms with Crippen molar-refractivity contribution in [1.82, 2.24) is 20.9 Å². The van der Waals surface area contributed by atoms with Crippen LogP contribution in [0.3, 0.4) is 0 Å². The zero-order valence-corrected chi connectivity index (χ0v) is 20.5. The van der Waals surface area contributed by atoms with Crippen molar-refractivity contribution in [2.45, 2.75) is 50.7 Å². The summed E-state index contributed by atoms with van der Waals surface area (Å²) in [5, 5.41) is 9.28. The second kappa shape index (κ2) is 10.5. The number of nitrogens with two attached hydrogens (primary N) is 1. The number of hydrogen-bond acceptors (Lipinski definition) is 5. The summed E-state index contributed by atoms with van der Waals surface area (Å²) in [4.78, 5) is 30.0. The molecule has 186 valence electrons. The molecule has 0 saturated carbocycles. The normalized spacial score (nSPS) is 21.5. The lowest BCUT2D eigenvalue weighted by atomic mass is 9.95. The van der Waals surface area contributed by atoms with E-state index in [1.165, 1.54) is 16.7 Å². The summed E-state index contributed by atoms with van der Waals surface area (Å²) < 4.78 is 0. The van der Waals surface area contributed by atoms with Crippen molar-refractivity contribution < 1.29 is 9.59 Å². The molecule has 2 amide bonds. The highest BCUT2D eigenvalue weighted by Crippen LogP contribution is 2.30. The summed E-state index contributed by atoms with van der Waals surface area (Å²) in [7, 11) is 0. The van der Waals surface area contributed by atoms with Gasteiger partial charge in [-0.25, -0.2) is 4.98 Å². The molecule has 0 radical (unpaired) electrons. The molecule has 1 aliphatic heterocycles. The first-order valence-electron chi connectivity index (χ1n) is 12.7. The van der Waals surface area contributed by atoms with Crippen LogP contribution in [0.25, 0.3) is 11.1 Å². The van der Waals surface area contributed by atoms with Gasteiger partial charge >= 0.3 is 0 Å². The number of aromatic nitrogens is 1. The maximum Gasteiger partial charge on any atom is 0.242 e. The van der Waals surface area contributed by atoms with E-state index < -0.39 is 6.04 Å². The molecule has 0 bridgehead atoms. The maximum absolute atomic E-state index is 12.9. The van der Waals surface area contributed by atoms with Crippen LogP contribution in [0, 0.1) is 5.92 Å². The van der Waals surface area contributed by atoms with Crippen LogP contribution in [0.4, 0.5) is 5.82 Å². The van der Waals surface area contributed by atoms with Crippen molar-refractivity contribution in [3.8, 4) is 11.1 Å². The Bertz CT molecular complexity index is 1230. The lowest BCUT2D eigenvalue weighted by Crippen LogP contribution is -2.50. The highest BCUT2D eigenvalue weighted by molar-refractivity contribution is 5.89. The van der Waals surface area contributed by atoms with Gasteiger partial charge in [0.25, 0.3) is 0 Å². The molecular formula is C29H33N5O2. The van der Waals surface area contributed by atoms with Crippen LogP contribution in [0.15, 0.2) is 66.7 Å². The van der Waals surface area contributed by atoms with Gasteiger partial charge in [0.1, 0.15) is 11.9 Å². The molecule has 1 saturated heterocycles. The van der Waals surface area contributed by atoms with Gasteiger partial charge in [-0.1, -0.05) is 60.7 Å². The summed E-state index contributed by atoms with van der Waals surface area (Å²) in [6, 6.07) is 21.7. The number of hydrogen-bond donors (Lipinski definition) is 4. The number of fused-ring (bicyclic) bond motifs is 1. The largest absolute Gasteiger partial charge is 0.384 e. The Labute approximate surface area is 211 Å². The minimum atomic E-state index is -0.616. The average Bonchev–Trinajstić information content (AvgIpc) is 3.52. The fourth-order valence-corrected chi connectivity index (χ4v) is 5.27. The minimum absolute atomic E-state index is 0.0952. The van der Waals surface area contributed by atoms with Crippen LogP contribution in [0.1, 0.15) is 42.6 Å². The number of carbonyl (C=O) groups is 2. The van der Waals surface area contributed by atoms with Crippen molar-refractivity contribution in [1.29, 1.82) is 0 Å². The molecule has 5 rings (SSSR count). The number of carbonyl (C=O) groups excluding carboxylic acids is 2. The topological polar surface area (TPSA) is 109 Å². The van der Waals surface area contributed by atoms with Crippen LogP contribution in [0.2, 0.25) is 0 Å². The number of nitrogen functional groups attached to an aromatic ring is 1. The summed E-state index contributed by atoms with van der Waals surface area (Å²) >= 11 is 0. The van der Waals surface area contributed by atoms with E-state index in [9.17, 15) is 9.59 Å². The summed E-state index contributed by atoms with van der Waals surface area (Å²) in [6.45, 7) is 2.51. The standard InChI is InChI=1S/C29H33N5O2/c1-18(28(35)34-25-13-12-24-23(25)11-14-27(30)33-24)32-29(36)26-16-20(17-31-26)15-19-7-9-22(10-8-19)21-5-3-2-4-6-21/h2-11,14,18,20,25-26,31H,12-13,15-17H2,1H3,(H2,30,33)(H,32,36)(H,34,35)/t18-,20-,25+,26+/m0/s1. The molecule has 0 spiro atoms. The van der Waals surface area contributed by atoms with Crippen molar-refractivity contribution in [2.24, 2.45) is 5.92 Å². The van der Waals surface area contributed by atoms with E-state index in [-0.39, 0.29) is 23.9 Å². The molecule has 3 aromatic rings. The first-order valence-corrected chi connectivity index (χ1v) is 12.7. The molecule has 7 nitrogen and oxygen atoms in total. The lowest BCUT2D eigenvalue weighted by molar-refractivity contribution is -0.129. The molecule has 36 heavy (non-hydrogen) atoms. The molecule has 1 aliphatic carbocycles. The molecule has 4 atom stereocenters. The van der Waals surface area contributed by atoms with Crippen LogP contribution < -0.4 is 21.7 Å². The van der Waals surface area contributed by atoms with E-state index in [1.807, 2.05) is 24.3 Å². The van der Waals surface area contributed by atoms with Crippen molar-refractivity contribution in [2.75, 3.05) is 12.3 Å². The summed E-state index contributed by atoms with van der Waals surface area (Å²) in [6.07, 6.45) is 3.25. The Morgan fingerprint density at radius 2 is 1.81 bits per heavy atom. The van der Waals surface area contributed by atoms with Gasteiger partial charge in [0.15, 0.2) is 0 Å². The maximum atomic E-state index is 12.9. The molecule has 0 unspecified atom stereocenters. The molecule has 2 aromatic carbocycles. The number of rotatable bonds is 7. The summed E-state index contributed by atoms with van der Waals surface area (Å²) in [5.74, 6) is 0.558. The van der Waals surface area contributed by atoms with Gasteiger partial charge < -0.3 is 21.7 Å². The number of nitrogens with one attached hydrogen (secondary N) is 3. The first-order chi connectivity index (χ1) is 17.5. The second-order valence-electron chi connectivity index (χ2n) is 9.93. The van der Waals surface area contributed by atoms with Gasteiger partial charge in [0.2, 0.25) is 11.8 Å². The van der Waals surface area contributed by atoms with Gasteiger partial charge in [-0.2, -0.15) is 0 Å². The van der Waals surface area contributed by atoms with Gasteiger partial charge in [0.05, 0.1) is 12.1 Å². The van der Waals surface area contributed by atoms with Gasteiger partial charge in [-0.15, -0.1) is 0 Å². The van der Waals surface area contributed by atoms with E-state index in [4.69, 9.17) is 5.73 Å². The predicted molar refractivity (Wildman–Crippen MR) is 141 cm³/mol. The molecule has 1 aromatic heterocycles. The van der Waals surface area contributed by atoms with Crippen molar-refractivity contribution in [3.05, 3.63) is 83.6 Å². The highest BCUT2D eigenvalue weighted by atomic mass is 16.2. The van der Waals surface area contributed by atoms with Crippen LogP contribution >= 0.6 is 0 Å². The molecule has 1 fully saturated rings. The van der Waals surface area contributed by atoms with E-state index in [2.05, 4.69) is 57.3 Å². The molecular weight excluding hydrogens is 450 g/mol. The second-order valence-corrected chi connectivity index (χ2v) is 9.93. The smallest absolute Gasteiger partial charge is 0.242 e. The summed E-state index contributed by atoms with van der Waals surface area (Å²) in [5.41, 5.74) is 11.4. The SMILES string of the molecule is C[C@H](NC(=O)[C@H]1C[C@H](Cc2ccc(-c3ccccc3)cc2)CN1)C(=O)N[C@@H]1CCc2nc(N)ccc21. The Balaban J connectivity index is 1.10. The quantitative estimate of drug-likeness (QED) is 0.413. The number of anilines is 1. The van der Waals surface area contributed by atoms with E-state index in [0.29, 0.717) is 11.7 Å². The van der Waals surface area contributed by atoms with Crippen LogP contribution in [0.5, 0.6) is 0 Å². The fourth-order valence-electron chi connectivity index (χ4n) is 5.27. The zero-order chi connectivity index (χ0) is 25.1.